The maximum atomic E-state index is 10.8. The molecule has 0 radical (unpaired) electrons. The summed E-state index contributed by atoms with van der Waals surface area (Å²) in [7, 11) is 0. The monoisotopic (exact) mass is 174 g/mol. The van der Waals surface area contributed by atoms with E-state index in [1.807, 2.05) is 0 Å². The maximum absolute atomic E-state index is 10.8. The summed E-state index contributed by atoms with van der Waals surface area (Å²) in [4.78, 5) is 21.5. The zero-order chi connectivity index (χ0) is 9.40. The lowest BCUT2D eigenvalue weighted by Gasteiger charge is -2.02. The fraction of sp³-hybridized carbons (Fsp3) is 0.714. The van der Waals surface area contributed by atoms with Gasteiger partial charge in [-0.1, -0.05) is 0 Å². The highest BCUT2D eigenvalue weighted by Crippen LogP contribution is 1.85. The van der Waals surface area contributed by atoms with Crippen molar-refractivity contribution >= 4 is 11.9 Å². The predicted octanol–water partition coefficient (Wildman–Crippen LogP) is -0.985. The molecule has 0 aromatic heterocycles. The van der Waals surface area contributed by atoms with Crippen molar-refractivity contribution in [3.05, 3.63) is 0 Å². The van der Waals surface area contributed by atoms with Crippen LogP contribution in [-0.2, 0) is 14.3 Å². The van der Waals surface area contributed by atoms with Crippen LogP contribution in [0.5, 0.6) is 0 Å². The first-order valence-electron chi connectivity index (χ1n) is 3.83. The minimum Gasteiger partial charge on any atom is -0.466 e. The summed E-state index contributed by atoms with van der Waals surface area (Å²) in [6.07, 6.45) is -0.228. The smallest absolute Gasteiger partial charge is 0.315 e. The van der Waals surface area contributed by atoms with Gasteiger partial charge in [0.15, 0.2) is 0 Å². The van der Waals surface area contributed by atoms with Gasteiger partial charge < -0.3 is 15.8 Å². The number of rotatable bonds is 5. The largest absolute Gasteiger partial charge is 0.466 e. The molecule has 0 aliphatic carbocycles. The molecule has 0 bridgehead atoms. The van der Waals surface area contributed by atoms with Crippen molar-refractivity contribution in [2.75, 3.05) is 19.7 Å². The van der Waals surface area contributed by atoms with Gasteiger partial charge >= 0.3 is 5.97 Å². The van der Waals surface area contributed by atoms with Crippen LogP contribution in [0.1, 0.15) is 13.3 Å². The third kappa shape index (κ3) is 5.67. The molecule has 0 aromatic carbocycles. The Morgan fingerprint density at radius 1 is 1.50 bits per heavy atom. The molecule has 0 saturated heterocycles. The quantitative estimate of drug-likeness (QED) is 0.414. The molecule has 12 heavy (non-hydrogen) atoms. The Balaban J connectivity index is 3.47. The van der Waals surface area contributed by atoms with Crippen LogP contribution in [0.2, 0.25) is 0 Å². The molecule has 0 atom stereocenters. The van der Waals surface area contributed by atoms with Crippen molar-refractivity contribution in [1.82, 2.24) is 5.32 Å². The average Bonchev–Trinajstić information content (AvgIpc) is 2.01. The first kappa shape index (κ1) is 10.9. The number of amides is 1. The van der Waals surface area contributed by atoms with E-state index in [0.29, 0.717) is 19.7 Å². The number of hydrogen-bond donors (Lipinski definition) is 2. The van der Waals surface area contributed by atoms with Crippen molar-refractivity contribution in [1.29, 1.82) is 0 Å². The average molecular weight is 174 g/mol. The highest BCUT2D eigenvalue weighted by molar-refractivity contribution is 5.94. The molecule has 0 aliphatic heterocycles. The van der Waals surface area contributed by atoms with Crippen molar-refractivity contribution in [2.45, 2.75) is 13.3 Å². The number of carbonyl (C=O) groups is 2. The Labute approximate surface area is 71.3 Å². The highest BCUT2D eigenvalue weighted by atomic mass is 16.5. The molecule has 1 amide bonds. The van der Waals surface area contributed by atoms with Crippen LogP contribution in [0.25, 0.3) is 0 Å². The Bertz CT molecular complexity index is 159. The van der Waals surface area contributed by atoms with Crippen LogP contribution in [0.15, 0.2) is 0 Å². The van der Waals surface area contributed by atoms with Gasteiger partial charge in [-0.3, -0.25) is 9.59 Å². The van der Waals surface area contributed by atoms with Gasteiger partial charge in [-0.2, -0.15) is 0 Å². The van der Waals surface area contributed by atoms with Gasteiger partial charge in [0.1, 0.15) is 6.42 Å². The Morgan fingerprint density at radius 3 is 2.67 bits per heavy atom. The Hall–Kier alpha value is -1.10. The number of nitrogens with two attached hydrogens (primary N) is 1. The van der Waals surface area contributed by atoms with Gasteiger partial charge in [-0.05, 0) is 6.92 Å². The van der Waals surface area contributed by atoms with Crippen LogP contribution in [0.3, 0.4) is 0 Å². The number of hydrogen-bond acceptors (Lipinski definition) is 4. The third-order valence-corrected chi connectivity index (χ3v) is 1.08. The SMILES string of the molecule is CCOC(=O)CC(=O)NCCN. The number of ether oxygens (including phenoxy) is 1. The second-order valence-corrected chi connectivity index (χ2v) is 2.12. The first-order valence-corrected chi connectivity index (χ1v) is 3.83. The van der Waals surface area contributed by atoms with E-state index in [4.69, 9.17) is 5.73 Å². The molecule has 0 heterocycles. The standard InChI is InChI=1S/C7H14N2O3/c1-2-12-7(11)5-6(10)9-4-3-8/h2-5,8H2,1H3,(H,9,10). The van der Waals surface area contributed by atoms with Crippen LogP contribution in [-0.4, -0.2) is 31.6 Å². The zero-order valence-corrected chi connectivity index (χ0v) is 7.13. The lowest BCUT2D eigenvalue weighted by Crippen LogP contribution is -2.30. The molecule has 0 spiro atoms. The third-order valence-electron chi connectivity index (χ3n) is 1.08. The van der Waals surface area contributed by atoms with E-state index < -0.39 is 5.97 Å². The topological polar surface area (TPSA) is 81.4 Å². The maximum Gasteiger partial charge on any atom is 0.315 e. The van der Waals surface area contributed by atoms with Crippen molar-refractivity contribution in [2.24, 2.45) is 5.73 Å². The fourth-order valence-electron chi connectivity index (χ4n) is 0.617. The van der Waals surface area contributed by atoms with E-state index in [1.54, 1.807) is 6.92 Å². The lowest BCUT2D eigenvalue weighted by molar-refractivity contribution is -0.145. The molecular weight excluding hydrogens is 160 g/mol. The number of nitrogens with one attached hydrogen (secondary N) is 1. The molecule has 5 heteroatoms. The number of esters is 1. The molecule has 0 fully saturated rings. The number of carbonyl (C=O) groups excluding carboxylic acids is 2. The van der Waals surface area contributed by atoms with Crippen molar-refractivity contribution < 1.29 is 14.3 Å². The molecule has 0 saturated carbocycles. The normalized spacial score (nSPS) is 9.17. The summed E-state index contributed by atoms with van der Waals surface area (Å²) in [5.74, 6) is -0.856. The zero-order valence-electron chi connectivity index (χ0n) is 7.13. The van der Waals surface area contributed by atoms with Crippen LogP contribution in [0, 0.1) is 0 Å². The minimum atomic E-state index is -0.507. The van der Waals surface area contributed by atoms with Gasteiger partial charge in [-0.25, -0.2) is 0 Å². The van der Waals surface area contributed by atoms with Gasteiger partial charge in [0.05, 0.1) is 6.61 Å². The summed E-state index contributed by atoms with van der Waals surface area (Å²) in [6, 6.07) is 0. The van der Waals surface area contributed by atoms with E-state index in [2.05, 4.69) is 10.1 Å². The molecule has 0 aliphatic rings. The van der Waals surface area contributed by atoms with E-state index in [0.717, 1.165) is 0 Å². The second-order valence-electron chi connectivity index (χ2n) is 2.12. The molecule has 3 N–H and O–H groups in total. The van der Waals surface area contributed by atoms with Crippen molar-refractivity contribution in [3.63, 3.8) is 0 Å². The second kappa shape index (κ2) is 6.60. The molecule has 70 valence electrons. The van der Waals surface area contributed by atoms with E-state index in [-0.39, 0.29) is 12.3 Å². The summed E-state index contributed by atoms with van der Waals surface area (Å²) in [6.45, 7) is 2.74. The molecule has 5 nitrogen and oxygen atoms in total. The Kier molecular flexibility index (Phi) is 6.00. The summed E-state index contributed by atoms with van der Waals surface area (Å²) >= 11 is 0. The predicted molar refractivity (Wildman–Crippen MR) is 43.3 cm³/mol. The molecule has 0 rings (SSSR count). The highest BCUT2D eigenvalue weighted by Gasteiger charge is 2.08. The first-order chi connectivity index (χ1) is 5.70. The van der Waals surface area contributed by atoms with Crippen LogP contribution < -0.4 is 11.1 Å². The van der Waals surface area contributed by atoms with E-state index in [1.165, 1.54) is 0 Å². The molecule has 0 aromatic rings. The summed E-state index contributed by atoms with van der Waals surface area (Å²) in [5.41, 5.74) is 5.14. The Morgan fingerprint density at radius 2 is 2.17 bits per heavy atom. The van der Waals surface area contributed by atoms with Gasteiger partial charge in [-0.15, -0.1) is 0 Å². The van der Waals surface area contributed by atoms with Gasteiger partial charge in [0.25, 0.3) is 0 Å². The van der Waals surface area contributed by atoms with Crippen LogP contribution >= 0.6 is 0 Å². The van der Waals surface area contributed by atoms with Gasteiger partial charge in [0.2, 0.25) is 5.91 Å². The molecular formula is C7H14N2O3. The minimum absolute atomic E-state index is 0.228. The van der Waals surface area contributed by atoms with E-state index in [9.17, 15) is 9.59 Å². The van der Waals surface area contributed by atoms with Crippen LogP contribution in [0.4, 0.5) is 0 Å². The summed E-state index contributed by atoms with van der Waals surface area (Å²) in [5, 5.41) is 2.46. The van der Waals surface area contributed by atoms with Gasteiger partial charge in [0, 0.05) is 13.1 Å². The van der Waals surface area contributed by atoms with E-state index >= 15 is 0 Å². The van der Waals surface area contributed by atoms with Crippen molar-refractivity contribution in [3.8, 4) is 0 Å². The summed E-state index contributed by atoms with van der Waals surface area (Å²) < 4.78 is 4.56. The lowest BCUT2D eigenvalue weighted by atomic mass is 10.4. The fourth-order valence-corrected chi connectivity index (χ4v) is 0.617. The molecule has 0 unspecified atom stereocenters.